The highest BCUT2D eigenvalue weighted by atomic mass is 16.2. The number of benzene rings is 4. The average Bonchev–Trinajstić information content (AvgIpc) is 2.66. The van der Waals surface area contributed by atoms with Gasteiger partial charge in [-0.1, -0.05) is 48.5 Å². The third kappa shape index (κ3) is 2.24. The molecule has 0 fully saturated rings. The predicted molar refractivity (Wildman–Crippen MR) is 104 cm³/mol. The van der Waals surface area contributed by atoms with Gasteiger partial charge in [0.1, 0.15) is 0 Å². The fourth-order valence-corrected chi connectivity index (χ4v) is 3.44. The minimum absolute atomic E-state index is 0.234. The summed E-state index contributed by atoms with van der Waals surface area (Å²) in [5.41, 5.74) is 1.95. The zero-order valence-electron chi connectivity index (χ0n) is 13.7. The van der Waals surface area contributed by atoms with Crippen LogP contribution in [0, 0.1) is 0 Å². The SMILES string of the molecule is O=C1Nc2cc3ccccc3cc2C(=O)Nc2cc3ccccc3cc21. The van der Waals surface area contributed by atoms with Gasteiger partial charge in [0.15, 0.2) is 0 Å². The maximum absolute atomic E-state index is 12.8. The van der Waals surface area contributed by atoms with Crippen LogP contribution in [0.4, 0.5) is 11.4 Å². The van der Waals surface area contributed by atoms with Crippen molar-refractivity contribution in [1.29, 1.82) is 0 Å². The number of rotatable bonds is 0. The normalized spacial score (nSPS) is 13.4. The maximum Gasteiger partial charge on any atom is 0.257 e. The van der Waals surface area contributed by atoms with E-state index < -0.39 is 0 Å². The van der Waals surface area contributed by atoms with Crippen LogP contribution in [-0.2, 0) is 0 Å². The molecule has 124 valence electrons. The smallest absolute Gasteiger partial charge is 0.257 e. The largest absolute Gasteiger partial charge is 0.321 e. The monoisotopic (exact) mass is 338 g/mol. The minimum atomic E-state index is -0.234. The van der Waals surface area contributed by atoms with Crippen molar-refractivity contribution in [2.45, 2.75) is 0 Å². The molecule has 1 aliphatic rings. The summed E-state index contributed by atoms with van der Waals surface area (Å²) in [5.74, 6) is -0.468. The van der Waals surface area contributed by atoms with Crippen molar-refractivity contribution in [3.63, 3.8) is 0 Å². The number of carbonyl (C=O) groups excluding carboxylic acids is 2. The Balaban J connectivity index is 1.71. The predicted octanol–water partition coefficient (Wildman–Crippen LogP) is 4.81. The van der Waals surface area contributed by atoms with Crippen molar-refractivity contribution < 1.29 is 9.59 Å². The molecule has 0 saturated heterocycles. The molecule has 4 aromatic rings. The highest BCUT2D eigenvalue weighted by Crippen LogP contribution is 2.31. The van der Waals surface area contributed by atoms with E-state index in [1.165, 1.54) is 0 Å². The number of anilines is 2. The van der Waals surface area contributed by atoms with Gasteiger partial charge in [0, 0.05) is 0 Å². The lowest BCUT2D eigenvalue weighted by Crippen LogP contribution is -2.24. The number of hydrogen-bond donors (Lipinski definition) is 2. The van der Waals surface area contributed by atoms with E-state index >= 15 is 0 Å². The van der Waals surface area contributed by atoms with Crippen molar-refractivity contribution >= 4 is 44.7 Å². The number of carbonyl (C=O) groups is 2. The van der Waals surface area contributed by atoms with Gasteiger partial charge in [-0.05, 0) is 45.8 Å². The van der Waals surface area contributed by atoms with Gasteiger partial charge in [0.25, 0.3) is 11.8 Å². The van der Waals surface area contributed by atoms with Gasteiger partial charge in [-0.2, -0.15) is 0 Å². The molecule has 2 N–H and O–H groups in total. The molecule has 0 bridgehead atoms. The third-order valence-electron chi connectivity index (χ3n) is 4.76. The van der Waals surface area contributed by atoms with Gasteiger partial charge >= 0.3 is 0 Å². The second kappa shape index (κ2) is 5.43. The lowest BCUT2D eigenvalue weighted by Gasteiger charge is -2.19. The Labute approximate surface area is 149 Å². The van der Waals surface area contributed by atoms with Gasteiger partial charge in [-0.25, -0.2) is 0 Å². The molecule has 0 spiro atoms. The molecule has 1 aliphatic heterocycles. The molecule has 4 aromatic carbocycles. The van der Waals surface area contributed by atoms with Gasteiger partial charge in [-0.15, -0.1) is 0 Å². The number of fused-ring (bicyclic) bond motifs is 4. The van der Waals surface area contributed by atoms with Crippen molar-refractivity contribution in [2.24, 2.45) is 0 Å². The van der Waals surface area contributed by atoms with Gasteiger partial charge in [0.2, 0.25) is 0 Å². The molecule has 2 amide bonds. The standard InChI is InChI=1S/C22H14N2O2/c25-21-17-9-13-5-1-3-7-15(13)11-19(17)23-22(26)18-10-14-6-2-4-8-16(14)12-20(18)24-21/h1-12H,(H,23,26)(H,24,25). The van der Waals surface area contributed by atoms with Crippen LogP contribution >= 0.6 is 0 Å². The van der Waals surface area contributed by atoms with Gasteiger partial charge in [0.05, 0.1) is 22.5 Å². The first-order chi connectivity index (χ1) is 12.7. The first kappa shape index (κ1) is 14.7. The Kier molecular flexibility index (Phi) is 3.06. The van der Waals surface area contributed by atoms with Crippen LogP contribution in [0.5, 0.6) is 0 Å². The first-order valence-corrected chi connectivity index (χ1v) is 8.37. The van der Waals surface area contributed by atoms with Crippen LogP contribution < -0.4 is 10.6 Å². The van der Waals surface area contributed by atoms with Gasteiger partial charge in [-0.3, -0.25) is 9.59 Å². The quantitative estimate of drug-likeness (QED) is 0.483. The van der Waals surface area contributed by atoms with Crippen LogP contribution in [0.25, 0.3) is 21.5 Å². The van der Waals surface area contributed by atoms with Crippen molar-refractivity contribution in [3.8, 4) is 0 Å². The summed E-state index contributed by atoms with van der Waals surface area (Å²) >= 11 is 0. The molecular formula is C22H14N2O2. The molecule has 0 aliphatic carbocycles. The Morgan fingerprint density at radius 3 is 1.23 bits per heavy atom. The molecule has 0 aromatic heterocycles. The Morgan fingerprint density at radius 2 is 0.846 bits per heavy atom. The van der Waals surface area contributed by atoms with E-state index in [1.807, 2.05) is 72.8 Å². The molecule has 0 radical (unpaired) electrons. The lowest BCUT2D eigenvalue weighted by atomic mass is 10.00. The van der Waals surface area contributed by atoms with Crippen LogP contribution in [0.2, 0.25) is 0 Å². The first-order valence-electron chi connectivity index (χ1n) is 8.37. The Bertz CT molecular complexity index is 1130. The second-order valence-corrected chi connectivity index (χ2v) is 6.40. The molecule has 0 atom stereocenters. The summed E-state index contributed by atoms with van der Waals surface area (Å²) in [7, 11) is 0. The second-order valence-electron chi connectivity index (χ2n) is 6.40. The van der Waals surface area contributed by atoms with E-state index in [2.05, 4.69) is 10.6 Å². The van der Waals surface area contributed by atoms with E-state index in [4.69, 9.17) is 0 Å². The highest BCUT2D eigenvalue weighted by molar-refractivity contribution is 6.21. The highest BCUT2D eigenvalue weighted by Gasteiger charge is 2.23. The molecule has 5 rings (SSSR count). The number of nitrogens with one attached hydrogen (secondary N) is 2. The summed E-state index contributed by atoms with van der Waals surface area (Å²) in [4.78, 5) is 25.7. The van der Waals surface area contributed by atoms with E-state index in [1.54, 1.807) is 0 Å². The fourth-order valence-electron chi connectivity index (χ4n) is 3.44. The van der Waals surface area contributed by atoms with Gasteiger partial charge < -0.3 is 10.6 Å². The van der Waals surface area contributed by atoms with E-state index in [9.17, 15) is 9.59 Å². The summed E-state index contributed by atoms with van der Waals surface area (Å²) in [6.45, 7) is 0. The molecule has 26 heavy (non-hydrogen) atoms. The summed E-state index contributed by atoms with van der Waals surface area (Å²) < 4.78 is 0. The molecule has 0 saturated carbocycles. The maximum atomic E-state index is 12.8. The minimum Gasteiger partial charge on any atom is -0.321 e. The van der Waals surface area contributed by atoms with E-state index in [0.717, 1.165) is 21.5 Å². The van der Waals surface area contributed by atoms with Crippen molar-refractivity contribution in [2.75, 3.05) is 10.6 Å². The molecule has 0 unspecified atom stereocenters. The van der Waals surface area contributed by atoms with Crippen LogP contribution in [0.3, 0.4) is 0 Å². The van der Waals surface area contributed by atoms with Crippen LogP contribution in [0.1, 0.15) is 20.7 Å². The topological polar surface area (TPSA) is 58.2 Å². The molecule has 4 nitrogen and oxygen atoms in total. The average molecular weight is 338 g/mol. The van der Waals surface area contributed by atoms with Crippen LogP contribution in [0.15, 0.2) is 72.8 Å². The molecule has 1 heterocycles. The van der Waals surface area contributed by atoms with Crippen LogP contribution in [-0.4, -0.2) is 11.8 Å². The summed E-state index contributed by atoms with van der Waals surface area (Å²) in [6.07, 6.45) is 0. The third-order valence-corrected chi connectivity index (χ3v) is 4.76. The number of amides is 2. The molecular weight excluding hydrogens is 324 g/mol. The summed E-state index contributed by atoms with van der Waals surface area (Å²) in [5, 5.41) is 9.66. The number of hydrogen-bond acceptors (Lipinski definition) is 2. The molecule has 4 heteroatoms. The Morgan fingerprint density at radius 1 is 0.500 bits per heavy atom. The zero-order valence-corrected chi connectivity index (χ0v) is 13.7. The van der Waals surface area contributed by atoms with E-state index in [-0.39, 0.29) is 11.8 Å². The van der Waals surface area contributed by atoms with Crippen molar-refractivity contribution in [3.05, 3.63) is 83.9 Å². The zero-order chi connectivity index (χ0) is 17.7. The van der Waals surface area contributed by atoms with Crippen molar-refractivity contribution in [1.82, 2.24) is 0 Å². The van der Waals surface area contributed by atoms with E-state index in [0.29, 0.717) is 22.5 Å². The Hall–Kier alpha value is -3.66. The fraction of sp³-hybridized carbons (Fsp3) is 0. The summed E-state index contributed by atoms with van der Waals surface area (Å²) in [6, 6.07) is 22.8. The lowest BCUT2D eigenvalue weighted by molar-refractivity contribution is 0.102.